The third-order valence-electron chi connectivity index (χ3n) is 5.42. The molecule has 1 N–H and O–H groups in total. The number of fused-ring (bicyclic) bond motifs is 1. The second-order valence-electron chi connectivity index (χ2n) is 7.25. The van der Waals surface area contributed by atoms with Crippen LogP contribution in [-0.2, 0) is 11.3 Å². The number of carbonyl (C=O) groups excluding carboxylic acids is 1. The normalized spacial score (nSPS) is 24.1. The van der Waals surface area contributed by atoms with Crippen molar-refractivity contribution >= 4 is 23.6 Å². The first-order chi connectivity index (χ1) is 13.2. The molecule has 2 aromatic heterocycles. The Labute approximate surface area is 163 Å². The number of likely N-dealkylation sites (tertiary alicyclic amines) is 1. The zero-order valence-electron chi connectivity index (χ0n) is 15.0. The highest BCUT2D eigenvalue weighted by atomic mass is 35.5. The Bertz CT molecular complexity index is 799. The van der Waals surface area contributed by atoms with Crippen molar-refractivity contribution in [2.75, 3.05) is 19.6 Å². The molecule has 2 atom stereocenters. The number of hydrogen-bond donors (Lipinski definition) is 1. The molecule has 27 heavy (non-hydrogen) atoms. The Morgan fingerprint density at radius 2 is 2.04 bits per heavy atom. The second kappa shape index (κ2) is 8.15. The number of hydrogen-bond acceptors (Lipinski definition) is 5. The molecule has 2 fully saturated rings. The van der Waals surface area contributed by atoms with Gasteiger partial charge in [-0.25, -0.2) is 9.97 Å². The number of piperidine rings is 1. The number of nitrogens with one attached hydrogen (secondary N) is 1. The van der Waals surface area contributed by atoms with Crippen molar-refractivity contribution in [2.45, 2.75) is 13.0 Å². The van der Waals surface area contributed by atoms with E-state index in [1.54, 1.807) is 36.9 Å². The van der Waals surface area contributed by atoms with Crippen LogP contribution in [0, 0.1) is 17.8 Å². The van der Waals surface area contributed by atoms with Crippen LogP contribution in [0.15, 0.2) is 43.0 Å². The average molecular weight is 384 g/mol. The quantitative estimate of drug-likeness (QED) is 0.587. The van der Waals surface area contributed by atoms with Gasteiger partial charge < -0.3 is 5.32 Å². The van der Waals surface area contributed by atoms with E-state index in [0.29, 0.717) is 5.28 Å². The van der Waals surface area contributed by atoms with Crippen LogP contribution in [0.2, 0.25) is 5.28 Å². The molecule has 0 bridgehead atoms. The van der Waals surface area contributed by atoms with Gasteiger partial charge in [0.15, 0.2) is 0 Å². The van der Waals surface area contributed by atoms with Crippen molar-refractivity contribution in [3.05, 3.63) is 59.4 Å². The highest BCUT2D eigenvalue weighted by molar-refractivity contribution is 6.28. The van der Waals surface area contributed by atoms with E-state index >= 15 is 0 Å². The summed E-state index contributed by atoms with van der Waals surface area (Å²) in [5.41, 5.74) is 2.03. The maximum absolute atomic E-state index is 11.9. The van der Waals surface area contributed by atoms with Crippen LogP contribution < -0.4 is 5.32 Å². The number of rotatable bonds is 7. The number of aromatic nitrogens is 3. The molecule has 0 spiro atoms. The highest BCUT2D eigenvalue weighted by Gasteiger charge is 2.54. The molecule has 4 rings (SSSR count). The molecule has 6 nitrogen and oxygen atoms in total. The molecule has 7 heteroatoms. The lowest BCUT2D eigenvalue weighted by molar-refractivity contribution is -0.116. The number of carbonyl (C=O) groups is 1. The van der Waals surface area contributed by atoms with Crippen molar-refractivity contribution in [3.63, 3.8) is 0 Å². The van der Waals surface area contributed by atoms with Crippen LogP contribution in [0.5, 0.6) is 0 Å². The minimum absolute atomic E-state index is 0.0472. The first-order valence-corrected chi connectivity index (χ1v) is 9.61. The Morgan fingerprint density at radius 3 is 2.74 bits per heavy atom. The molecule has 3 heterocycles. The van der Waals surface area contributed by atoms with Crippen LogP contribution in [0.1, 0.15) is 17.5 Å². The largest absolute Gasteiger partial charge is 0.353 e. The molecule has 1 saturated heterocycles. The monoisotopic (exact) mass is 383 g/mol. The predicted octanol–water partition coefficient (Wildman–Crippen LogP) is 2.42. The van der Waals surface area contributed by atoms with Gasteiger partial charge >= 0.3 is 0 Å². The van der Waals surface area contributed by atoms with Crippen molar-refractivity contribution in [1.29, 1.82) is 0 Å². The SMILES string of the molecule is O=C(/C=C/c1cccnc1)NCCC1C2CN(Cc3cnc(Cl)nc3)CC12. The van der Waals surface area contributed by atoms with Crippen LogP contribution >= 0.6 is 11.6 Å². The van der Waals surface area contributed by atoms with Gasteiger partial charge in [0, 0.05) is 62.6 Å². The van der Waals surface area contributed by atoms with E-state index in [1.165, 1.54) is 0 Å². The number of amides is 1. The summed E-state index contributed by atoms with van der Waals surface area (Å²) < 4.78 is 0. The predicted molar refractivity (Wildman–Crippen MR) is 104 cm³/mol. The lowest BCUT2D eigenvalue weighted by Crippen LogP contribution is -2.26. The summed E-state index contributed by atoms with van der Waals surface area (Å²) in [6.07, 6.45) is 11.5. The van der Waals surface area contributed by atoms with Crippen LogP contribution in [0.3, 0.4) is 0 Å². The molecule has 1 saturated carbocycles. The van der Waals surface area contributed by atoms with Gasteiger partial charge in [-0.05, 0) is 53.5 Å². The van der Waals surface area contributed by atoms with Crippen LogP contribution in [0.25, 0.3) is 6.08 Å². The Hall–Kier alpha value is -2.31. The van der Waals surface area contributed by atoms with E-state index in [4.69, 9.17) is 11.6 Å². The maximum Gasteiger partial charge on any atom is 0.244 e. The molecule has 0 radical (unpaired) electrons. The maximum atomic E-state index is 11.9. The van der Waals surface area contributed by atoms with Crippen LogP contribution in [0.4, 0.5) is 0 Å². The number of halogens is 1. The highest BCUT2D eigenvalue weighted by Crippen LogP contribution is 2.53. The fourth-order valence-electron chi connectivity index (χ4n) is 4.04. The summed E-state index contributed by atoms with van der Waals surface area (Å²) in [5.74, 6) is 2.22. The average Bonchev–Trinajstić information content (AvgIpc) is 3.13. The molecule has 2 unspecified atom stereocenters. The Balaban J connectivity index is 1.14. The summed E-state index contributed by atoms with van der Waals surface area (Å²) >= 11 is 5.73. The lowest BCUT2D eigenvalue weighted by atomic mass is 10.2. The second-order valence-corrected chi connectivity index (χ2v) is 7.58. The third kappa shape index (κ3) is 4.70. The van der Waals surface area contributed by atoms with Gasteiger partial charge in [-0.15, -0.1) is 0 Å². The Morgan fingerprint density at radius 1 is 1.26 bits per heavy atom. The zero-order valence-corrected chi connectivity index (χ0v) is 15.7. The van der Waals surface area contributed by atoms with E-state index in [-0.39, 0.29) is 5.91 Å². The zero-order chi connectivity index (χ0) is 18.6. The number of nitrogens with zero attached hydrogens (tertiary/aromatic N) is 4. The lowest BCUT2D eigenvalue weighted by Gasteiger charge is -2.19. The van der Waals surface area contributed by atoms with Gasteiger partial charge in [-0.3, -0.25) is 14.7 Å². The topological polar surface area (TPSA) is 71.0 Å². The third-order valence-corrected chi connectivity index (χ3v) is 5.61. The smallest absolute Gasteiger partial charge is 0.244 e. The number of pyridine rings is 1. The van der Waals surface area contributed by atoms with E-state index in [1.807, 2.05) is 12.1 Å². The van der Waals surface area contributed by atoms with Gasteiger partial charge in [0.1, 0.15) is 0 Å². The van der Waals surface area contributed by atoms with Gasteiger partial charge in [0.05, 0.1) is 0 Å². The van der Waals surface area contributed by atoms with E-state index < -0.39 is 0 Å². The van der Waals surface area contributed by atoms with E-state index in [0.717, 1.165) is 61.5 Å². The standard InChI is InChI=1S/C20H22ClN5O/c21-20-24-9-15(10-25-20)11-26-12-17-16(18(17)13-26)5-7-23-19(27)4-3-14-2-1-6-22-8-14/h1-4,6,8-10,16-18H,5,7,11-13H2,(H,23,27)/b4-3+. The molecule has 1 amide bonds. The van der Waals surface area contributed by atoms with Gasteiger partial charge in [0.2, 0.25) is 11.2 Å². The summed E-state index contributed by atoms with van der Waals surface area (Å²) in [6, 6.07) is 3.77. The first-order valence-electron chi connectivity index (χ1n) is 9.24. The summed E-state index contributed by atoms with van der Waals surface area (Å²) in [5, 5.41) is 3.27. The van der Waals surface area contributed by atoms with Crippen molar-refractivity contribution in [3.8, 4) is 0 Å². The molecule has 2 aromatic rings. The minimum Gasteiger partial charge on any atom is -0.353 e. The molecular weight excluding hydrogens is 362 g/mol. The van der Waals surface area contributed by atoms with Gasteiger partial charge in [0.25, 0.3) is 0 Å². The first kappa shape index (κ1) is 18.1. The van der Waals surface area contributed by atoms with Gasteiger partial charge in [-0.1, -0.05) is 6.07 Å². The van der Waals surface area contributed by atoms with E-state index in [9.17, 15) is 4.79 Å². The molecule has 1 aliphatic carbocycles. The van der Waals surface area contributed by atoms with Crippen LogP contribution in [-0.4, -0.2) is 45.4 Å². The van der Waals surface area contributed by atoms with Crippen molar-refractivity contribution in [2.24, 2.45) is 17.8 Å². The summed E-state index contributed by atoms with van der Waals surface area (Å²) in [7, 11) is 0. The molecular formula is C20H22ClN5O. The van der Waals surface area contributed by atoms with Gasteiger partial charge in [-0.2, -0.15) is 0 Å². The molecule has 1 aliphatic heterocycles. The van der Waals surface area contributed by atoms with E-state index in [2.05, 4.69) is 25.2 Å². The fourth-order valence-corrected chi connectivity index (χ4v) is 4.14. The molecule has 140 valence electrons. The fraction of sp³-hybridized carbons (Fsp3) is 0.400. The summed E-state index contributed by atoms with van der Waals surface area (Å²) in [6.45, 7) is 3.85. The summed E-state index contributed by atoms with van der Waals surface area (Å²) in [4.78, 5) is 26.4. The molecule has 0 aromatic carbocycles. The van der Waals surface area contributed by atoms with Crippen molar-refractivity contribution in [1.82, 2.24) is 25.2 Å². The minimum atomic E-state index is -0.0472. The Kier molecular flexibility index (Phi) is 5.45. The van der Waals surface area contributed by atoms with Crippen molar-refractivity contribution < 1.29 is 4.79 Å². The molecule has 2 aliphatic rings.